The van der Waals surface area contributed by atoms with Crippen LogP contribution >= 0.6 is 11.6 Å². The summed E-state index contributed by atoms with van der Waals surface area (Å²) in [6.07, 6.45) is 8.32. The number of hydrogen-bond donors (Lipinski definition) is 2. The summed E-state index contributed by atoms with van der Waals surface area (Å²) in [5.41, 5.74) is 1.79. The summed E-state index contributed by atoms with van der Waals surface area (Å²) in [7, 11) is 0. The van der Waals surface area contributed by atoms with Crippen LogP contribution in [0.1, 0.15) is 50.5 Å². The molecular weight excluding hydrogens is 284 g/mol. The molecule has 0 saturated heterocycles. The molecule has 1 fully saturated rings. The highest BCUT2D eigenvalue weighted by Crippen LogP contribution is 2.20. The van der Waals surface area contributed by atoms with Crippen molar-refractivity contribution in [3.05, 3.63) is 28.8 Å². The lowest BCUT2D eigenvalue weighted by Gasteiger charge is -2.16. The highest BCUT2D eigenvalue weighted by molar-refractivity contribution is 6.31. The Balaban J connectivity index is 1.70. The number of carbonyl (C=O) groups is 1. The summed E-state index contributed by atoms with van der Waals surface area (Å²) in [4.78, 5) is 11.9. The number of amides is 1. The molecule has 1 amide bonds. The first-order valence-corrected chi connectivity index (χ1v) is 8.32. The van der Waals surface area contributed by atoms with Crippen molar-refractivity contribution in [3.63, 3.8) is 0 Å². The maximum Gasteiger partial charge on any atom is 0.225 e. The molecule has 21 heavy (non-hydrogen) atoms. The minimum atomic E-state index is 0.0380. The number of nitrogens with one attached hydrogen (secondary N) is 2. The first-order chi connectivity index (χ1) is 10.1. The number of halogens is 1. The molecule has 116 valence electrons. The zero-order chi connectivity index (χ0) is 15.1. The van der Waals surface area contributed by atoms with E-state index in [4.69, 9.17) is 11.6 Å². The summed E-state index contributed by atoms with van der Waals surface area (Å²) >= 11 is 6.05. The third kappa shape index (κ3) is 5.68. The normalized spacial score (nSPS) is 16.5. The smallest absolute Gasteiger partial charge is 0.225 e. The molecule has 3 nitrogen and oxygen atoms in total. The number of anilines is 1. The van der Waals surface area contributed by atoms with E-state index in [-0.39, 0.29) is 5.91 Å². The molecule has 2 N–H and O–H groups in total. The van der Waals surface area contributed by atoms with E-state index in [1.54, 1.807) is 6.07 Å². The van der Waals surface area contributed by atoms with Crippen LogP contribution in [0.15, 0.2) is 18.2 Å². The van der Waals surface area contributed by atoms with Gasteiger partial charge in [0, 0.05) is 29.7 Å². The number of carbonyl (C=O) groups excluding carboxylic acids is 1. The van der Waals surface area contributed by atoms with Crippen LogP contribution in [-0.4, -0.2) is 18.5 Å². The standard InChI is InChI=1S/C17H25ClN2O/c1-13-8-9-15(12-16(13)18)20-17(21)10-11-19-14-6-4-2-3-5-7-14/h8-9,12,14,19H,2-7,10-11H2,1H3,(H,20,21). The van der Waals surface area contributed by atoms with Gasteiger partial charge < -0.3 is 10.6 Å². The van der Waals surface area contributed by atoms with Crippen LogP contribution in [0.5, 0.6) is 0 Å². The second-order valence-electron chi connectivity index (χ2n) is 5.90. The van der Waals surface area contributed by atoms with Gasteiger partial charge in [0.15, 0.2) is 0 Å². The lowest BCUT2D eigenvalue weighted by atomic mass is 10.1. The molecule has 0 atom stereocenters. The molecule has 4 heteroatoms. The average molecular weight is 309 g/mol. The summed E-state index contributed by atoms with van der Waals surface area (Å²) in [5.74, 6) is 0.0380. The van der Waals surface area contributed by atoms with Gasteiger partial charge in [-0.2, -0.15) is 0 Å². The van der Waals surface area contributed by atoms with Crippen molar-refractivity contribution in [2.24, 2.45) is 0 Å². The fraction of sp³-hybridized carbons (Fsp3) is 0.588. The Bertz CT molecular complexity index is 468. The van der Waals surface area contributed by atoms with Gasteiger partial charge in [-0.3, -0.25) is 4.79 Å². The maximum absolute atomic E-state index is 11.9. The number of aryl methyl sites for hydroxylation is 1. The molecule has 0 spiro atoms. The van der Waals surface area contributed by atoms with Gasteiger partial charge in [0.25, 0.3) is 0 Å². The van der Waals surface area contributed by atoms with Gasteiger partial charge in [0.05, 0.1) is 0 Å². The summed E-state index contributed by atoms with van der Waals surface area (Å²) < 4.78 is 0. The molecule has 1 saturated carbocycles. The number of hydrogen-bond acceptors (Lipinski definition) is 2. The van der Waals surface area contributed by atoms with Crippen LogP contribution in [0.2, 0.25) is 5.02 Å². The van der Waals surface area contributed by atoms with Crippen LogP contribution in [0, 0.1) is 6.92 Å². The highest BCUT2D eigenvalue weighted by Gasteiger charge is 2.12. The molecule has 1 aromatic rings. The van der Waals surface area contributed by atoms with Crippen molar-refractivity contribution in [1.82, 2.24) is 5.32 Å². The van der Waals surface area contributed by atoms with Crippen molar-refractivity contribution in [2.45, 2.75) is 57.9 Å². The fourth-order valence-electron chi connectivity index (χ4n) is 2.77. The zero-order valence-corrected chi connectivity index (χ0v) is 13.5. The zero-order valence-electron chi connectivity index (χ0n) is 12.8. The largest absolute Gasteiger partial charge is 0.326 e. The first-order valence-electron chi connectivity index (χ1n) is 7.94. The van der Waals surface area contributed by atoms with Gasteiger partial charge in [-0.05, 0) is 37.5 Å². The molecule has 1 aliphatic carbocycles. The molecule has 0 unspecified atom stereocenters. The average Bonchev–Trinajstić information content (AvgIpc) is 2.72. The topological polar surface area (TPSA) is 41.1 Å². The Morgan fingerprint density at radius 1 is 1.24 bits per heavy atom. The minimum absolute atomic E-state index is 0.0380. The van der Waals surface area contributed by atoms with E-state index in [1.807, 2.05) is 19.1 Å². The minimum Gasteiger partial charge on any atom is -0.326 e. The van der Waals surface area contributed by atoms with E-state index in [0.717, 1.165) is 17.8 Å². The summed E-state index contributed by atoms with van der Waals surface area (Å²) in [5, 5.41) is 7.09. The summed E-state index contributed by atoms with van der Waals surface area (Å²) in [6, 6.07) is 6.20. The van der Waals surface area contributed by atoms with Crippen molar-refractivity contribution in [3.8, 4) is 0 Å². The Hall–Kier alpha value is -1.06. The van der Waals surface area contributed by atoms with Crippen LogP contribution < -0.4 is 10.6 Å². The third-order valence-electron chi connectivity index (χ3n) is 4.10. The van der Waals surface area contributed by atoms with E-state index in [1.165, 1.54) is 38.5 Å². The van der Waals surface area contributed by atoms with Crippen LogP contribution in [0.4, 0.5) is 5.69 Å². The maximum atomic E-state index is 11.9. The third-order valence-corrected chi connectivity index (χ3v) is 4.50. The Labute approximate surface area is 132 Å². The first kappa shape index (κ1) is 16.3. The van der Waals surface area contributed by atoms with Crippen LogP contribution in [-0.2, 0) is 4.79 Å². The van der Waals surface area contributed by atoms with Gasteiger partial charge in [0.1, 0.15) is 0 Å². The molecule has 0 aliphatic heterocycles. The molecule has 0 heterocycles. The van der Waals surface area contributed by atoms with Gasteiger partial charge >= 0.3 is 0 Å². The van der Waals surface area contributed by atoms with E-state index < -0.39 is 0 Å². The summed E-state index contributed by atoms with van der Waals surface area (Å²) in [6.45, 7) is 2.70. The predicted molar refractivity (Wildman–Crippen MR) is 88.9 cm³/mol. The second-order valence-corrected chi connectivity index (χ2v) is 6.31. The molecule has 0 aromatic heterocycles. The molecule has 2 rings (SSSR count). The molecule has 0 radical (unpaired) electrons. The van der Waals surface area contributed by atoms with Gasteiger partial charge in [0.2, 0.25) is 5.91 Å². The van der Waals surface area contributed by atoms with Gasteiger partial charge in [-0.25, -0.2) is 0 Å². The van der Waals surface area contributed by atoms with E-state index >= 15 is 0 Å². The molecular formula is C17H25ClN2O. The van der Waals surface area contributed by atoms with Crippen molar-refractivity contribution in [1.29, 1.82) is 0 Å². The lowest BCUT2D eigenvalue weighted by molar-refractivity contribution is -0.116. The van der Waals surface area contributed by atoms with E-state index in [2.05, 4.69) is 10.6 Å². The molecule has 1 aromatic carbocycles. The number of rotatable bonds is 5. The van der Waals surface area contributed by atoms with Crippen molar-refractivity contribution in [2.75, 3.05) is 11.9 Å². The van der Waals surface area contributed by atoms with Crippen LogP contribution in [0.3, 0.4) is 0 Å². The fourth-order valence-corrected chi connectivity index (χ4v) is 2.95. The Kier molecular flexibility index (Phi) is 6.52. The Morgan fingerprint density at radius 3 is 2.62 bits per heavy atom. The molecule has 1 aliphatic rings. The van der Waals surface area contributed by atoms with E-state index in [0.29, 0.717) is 17.5 Å². The highest BCUT2D eigenvalue weighted by atomic mass is 35.5. The predicted octanol–water partition coefficient (Wildman–Crippen LogP) is 4.29. The van der Waals surface area contributed by atoms with Crippen LogP contribution in [0.25, 0.3) is 0 Å². The number of benzene rings is 1. The van der Waals surface area contributed by atoms with Crippen molar-refractivity contribution >= 4 is 23.2 Å². The molecule has 0 bridgehead atoms. The second kappa shape index (κ2) is 8.40. The van der Waals surface area contributed by atoms with E-state index in [9.17, 15) is 4.79 Å². The quantitative estimate of drug-likeness (QED) is 0.797. The van der Waals surface area contributed by atoms with Crippen molar-refractivity contribution < 1.29 is 4.79 Å². The van der Waals surface area contributed by atoms with Gasteiger partial charge in [-0.1, -0.05) is 43.4 Å². The Morgan fingerprint density at radius 2 is 1.95 bits per heavy atom. The lowest BCUT2D eigenvalue weighted by Crippen LogP contribution is -2.31. The SMILES string of the molecule is Cc1ccc(NC(=O)CCNC2CCCCCC2)cc1Cl. The van der Waals surface area contributed by atoms with Gasteiger partial charge in [-0.15, -0.1) is 0 Å². The monoisotopic (exact) mass is 308 g/mol.